The van der Waals surface area contributed by atoms with E-state index >= 15 is 0 Å². The third-order valence-electron chi connectivity index (χ3n) is 5.14. The number of benzene rings is 2. The van der Waals surface area contributed by atoms with Crippen molar-refractivity contribution in [2.45, 2.75) is 52.6 Å². The lowest BCUT2D eigenvalue weighted by atomic mass is 10.0. The first-order valence-electron chi connectivity index (χ1n) is 9.89. The van der Waals surface area contributed by atoms with Crippen molar-refractivity contribution in [1.29, 1.82) is 0 Å². The largest absolute Gasteiger partial charge is 0.465 e. The third kappa shape index (κ3) is 3.92. The molecule has 0 aliphatic carbocycles. The average Bonchev–Trinajstić information content (AvgIpc) is 2.66. The fourth-order valence-electron chi connectivity index (χ4n) is 3.80. The Hall–Kier alpha value is -2.86. The van der Waals surface area contributed by atoms with Gasteiger partial charge in [-0.05, 0) is 63.9 Å². The molecule has 1 N–H and O–H groups in total. The van der Waals surface area contributed by atoms with Gasteiger partial charge in [0.05, 0.1) is 27.7 Å². The zero-order chi connectivity index (χ0) is 22.2. The molecule has 1 aromatic heterocycles. The molecule has 7 heteroatoms. The number of halogens is 1. The first kappa shape index (κ1) is 21.8. The highest BCUT2D eigenvalue weighted by Gasteiger charge is 2.34. The Morgan fingerprint density at radius 1 is 1.23 bits per heavy atom. The van der Waals surface area contributed by atoms with Crippen LogP contribution in [0.1, 0.15) is 52.0 Å². The molecule has 2 aromatic carbocycles. The molecule has 0 aliphatic rings. The average molecular weight is 428 g/mol. The number of hydrogen-bond donors (Lipinski definition) is 1. The molecule has 0 unspecified atom stereocenters. The van der Waals surface area contributed by atoms with Crippen LogP contribution in [0.15, 0.2) is 47.3 Å². The van der Waals surface area contributed by atoms with Crippen LogP contribution < -0.4 is 5.56 Å². The molecule has 1 atom stereocenters. The van der Waals surface area contributed by atoms with Crippen molar-refractivity contribution in [2.75, 3.05) is 0 Å². The number of aromatic nitrogens is 2. The monoisotopic (exact) mass is 427 g/mol. The van der Waals surface area contributed by atoms with Crippen molar-refractivity contribution in [3.63, 3.8) is 0 Å². The zero-order valence-electron chi connectivity index (χ0n) is 17.8. The molecule has 0 saturated carbocycles. The Bertz CT molecular complexity index is 1160. The van der Waals surface area contributed by atoms with Gasteiger partial charge in [0.2, 0.25) is 0 Å². The van der Waals surface area contributed by atoms with Gasteiger partial charge in [0, 0.05) is 5.54 Å². The maximum Gasteiger partial charge on any atom is 0.408 e. The van der Waals surface area contributed by atoms with Crippen LogP contribution in [0.3, 0.4) is 0 Å². The van der Waals surface area contributed by atoms with Crippen LogP contribution in [0.2, 0.25) is 5.02 Å². The van der Waals surface area contributed by atoms with Gasteiger partial charge in [-0.25, -0.2) is 9.78 Å². The Kier molecular flexibility index (Phi) is 5.90. The van der Waals surface area contributed by atoms with Gasteiger partial charge in [0.25, 0.3) is 5.56 Å². The van der Waals surface area contributed by atoms with Crippen molar-refractivity contribution in [3.05, 3.63) is 69.2 Å². The van der Waals surface area contributed by atoms with E-state index in [0.29, 0.717) is 27.4 Å². The van der Waals surface area contributed by atoms with Crippen molar-refractivity contribution < 1.29 is 9.90 Å². The zero-order valence-corrected chi connectivity index (χ0v) is 18.6. The van der Waals surface area contributed by atoms with E-state index in [0.717, 1.165) is 12.0 Å². The molecular formula is C23H26ClN3O3. The lowest BCUT2D eigenvalue weighted by molar-refractivity contribution is 0.0719. The highest BCUT2D eigenvalue weighted by atomic mass is 35.5. The number of nitrogens with zero attached hydrogens (tertiary/aromatic N) is 3. The Labute approximate surface area is 180 Å². The number of rotatable bonds is 4. The van der Waals surface area contributed by atoms with Gasteiger partial charge in [0.1, 0.15) is 5.82 Å². The van der Waals surface area contributed by atoms with Crippen molar-refractivity contribution >= 4 is 28.6 Å². The number of aryl methyl sites for hydroxylation is 1. The quantitative estimate of drug-likeness (QED) is 0.601. The van der Waals surface area contributed by atoms with Crippen LogP contribution in [-0.2, 0) is 6.42 Å². The summed E-state index contributed by atoms with van der Waals surface area (Å²) >= 11 is 6.34. The maximum absolute atomic E-state index is 13.6. The van der Waals surface area contributed by atoms with E-state index in [-0.39, 0.29) is 5.56 Å². The van der Waals surface area contributed by atoms with Crippen LogP contribution in [0.25, 0.3) is 16.6 Å². The lowest BCUT2D eigenvalue weighted by Crippen LogP contribution is -2.47. The minimum Gasteiger partial charge on any atom is -0.465 e. The molecule has 158 valence electrons. The van der Waals surface area contributed by atoms with Crippen LogP contribution in [0.5, 0.6) is 0 Å². The highest BCUT2D eigenvalue weighted by Crippen LogP contribution is 2.30. The summed E-state index contributed by atoms with van der Waals surface area (Å²) in [6.07, 6.45) is -0.275. The van der Waals surface area contributed by atoms with E-state index in [4.69, 9.17) is 16.6 Å². The van der Waals surface area contributed by atoms with Crippen LogP contribution in [-0.4, -0.2) is 31.2 Å². The van der Waals surface area contributed by atoms with Crippen molar-refractivity contribution in [2.24, 2.45) is 0 Å². The first-order chi connectivity index (χ1) is 14.1. The van der Waals surface area contributed by atoms with Gasteiger partial charge in [-0.1, -0.05) is 36.7 Å². The van der Waals surface area contributed by atoms with Crippen LogP contribution >= 0.6 is 11.6 Å². The normalized spacial score (nSPS) is 12.7. The van der Waals surface area contributed by atoms with Gasteiger partial charge in [0.15, 0.2) is 0 Å². The number of amides is 1. The van der Waals surface area contributed by atoms with E-state index in [1.165, 1.54) is 9.47 Å². The molecule has 0 saturated heterocycles. The van der Waals surface area contributed by atoms with Crippen LogP contribution in [0, 0.1) is 0 Å². The standard InChI is InChI=1S/C23H26ClN3O3/c1-6-15-9-7-10-16(13-15)26-20(14(2)27(22(29)30)23(3,4)5)25-18-12-8-11-17(24)19(18)21(26)28/h7-14H,6H2,1-5H3,(H,29,30)/t14-/m0/s1. The molecular weight excluding hydrogens is 402 g/mol. The second kappa shape index (κ2) is 8.11. The summed E-state index contributed by atoms with van der Waals surface area (Å²) in [5, 5.41) is 10.5. The van der Waals surface area contributed by atoms with Crippen molar-refractivity contribution in [3.8, 4) is 5.69 Å². The minimum absolute atomic E-state index is 0.314. The summed E-state index contributed by atoms with van der Waals surface area (Å²) in [5.74, 6) is 0.348. The summed E-state index contributed by atoms with van der Waals surface area (Å²) in [6.45, 7) is 9.23. The minimum atomic E-state index is -1.08. The van der Waals surface area contributed by atoms with Gasteiger partial charge < -0.3 is 5.11 Å². The highest BCUT2D eigenvalue weighted by molar-refractivity contribution is 6.35. The Morgan fingerprint density at radius 2 is 1.90 bits per heavy atom. The Balaban J connectivity index is 2.40. The van der Waals surface area contributed by atoms with E-state index in [9.17, 15) is 14.7 Å². The number of hydrogen-bond acceptors (Lipinski definition) is 3. The van der Waals surface area contributed by atoms with E-state index in [2.05, 4.69) is 0 Å². The number of carbonyl (C=O) groups is 1. The molecule has 1 amide bonds. The molecule has 1 heterocycles. The SMILES string of the molecule is CCc1cccc(-n2c([C@H](C)N(C(=O)O)C(C)(C)C)nc3cccc(Cl)c3c2=O)c1. The van der Waals surface area contributed by atoms with Gasteiger partial charge in [-0.2, -0.15) is 0 Å². The molecule has 0 aliphatic heterocycles. The summed E-state index contributed by atoms with van der Waals surface area (Å²) in [6, 6.07) is 12.0. The summed E-state index contributed by atoms with van der Waals surface area (Å²) in [5.41, 5.74) is 1.12. The van der Waals surface area contributed by atoms with Gasteiger partial charge >= 0.3 is 6.09 Å². The Morgan fingerprint density at radius 3 is 2.50 bits per heavy atom. The molecule has 0 bridgehead atoms. The predicted molar refractivity (Wildman–Crippen MR) is 120 cm³/mol. The van der Waals surface area contributed by atoms with E-state index < -0.39 is 17.7 Å². The topological polar surface area (TPSA) is 75.4 Å². The predicted octanol–water partition coefficient (Wildman–Crippen LogP) is 5.44. The van der Waals surface area contributed by atoms with Gasteiger partial charge in [-0.15, -0.1) is 0 Å². The van der Waals surface area contributed by atoms with Crippen LogP contribution in [0.4, 0.5) is 4.79 Å². The summed E-state index contributed by atoms with van der Waals surface area (Å²) < 4.78 is 1.49. The molecule has 6 nitrogen and oxygen atoms in total. The third-order valence-corrected chi connectivity index (χ3v) is 5.45. The second-order valence-corrected chi connectivity index (χ2v) is 8.67. The number of fused-ring (bicyclic) bond motifs is 1. The van der Waals surface area contributed by atoms with Gasteiger partial charge in [-0.3, -0.25) is 14.3 Å². The lowest BCUT2D eigenvalue weighted by Gasteiger charge is -2.38. The van der Waals surface area contributed by atoms with E-state index in [1.54, 1.807) is 25.1 Å². The van der Waals surface area contributed by atoms with E-state index in [1.807, 2.05) is 52.0 Å². The van der Waals surface area contributed by atoms with Crippen molar-refractivity contribution in [1.82, 2.24) is 14.5 Å². The smallest absolute Gasteiger partial charge is 0.408 e. The maximum atomic E-state index is 13.6. The molecule has 30 heavy (non-hydrogen) atoms. The molecule has 0 spiro atoms. The second-order valence-electron chi connectivity index (χ2n) is 8.27. The summed E-state index contributed by atoms with van der Waals surface area (Å²) in [4.78, 5) is 31.7. The molecule has 0 fully saturated rings. The first-order valence-corrected chi connectivity index (χ1v) is 10.3. The number of carboxylic acid groups (broad SMARTS) is 1. The molecule has 0 radical (unpaired) electrons. The summed E-state index contributed by atoms with van der Waals surface area (Å²) in [7, 11) is 0. The fourth-order valence-corrected chi connectivity index (χ4v) is 4.05. The fraction of sp³-hybridized carbons (Fsp3) is 0.348. The molecule has 3 rings (SSSR count). The molecule has 3 aromatic rings.